The Kier molecular flexibility index (Phi) is 5.03. The maximum atomic E-state index is 6.78. The Morgan fingerprint density at radius 3 is 1.78 bits per heavy atom. The van der Waals surface area contributed by atoms with Crippen molar-refractivity contribution in [2.24, 2.45) is 5.10 Å². The van der Waals surface area contributed by atoms with Crippen molar-refractivity contribution >= 4 is 32.0 Å². The van der Waals surface area contributed by atoms with Gasteiger partial charge in [-0.25, -0.2) is 0 Å². The van der Waals surface area contributed by atoms with Crippen LogP contribution in [0.2, 0.25) is 0 Å². The summed E-state index contributed by atoms with van der Waals surface area (Å²) in [5.74, 6) is 0. The molecule has 5 heteroatoms. The summed E-state index contributed by atoms with van der Waals surface area (Å²) in [5, 5.41) is 7.31. The van der Waals surface area contributed by atoms with Crippen molar-refractivity contribution in [3.63, 3.8) is 0 Å². The van der Waals surface area contributed by atoms with Gasteiger partial charge in [0, 0.05) is 0 Å². The van der Waals surface area contributed by atoms with Crippen molar-refractivity contribution in [1.29, 1.82) is 0 Å². The van der Waals surface area contributed by atoms with Gasteiger partial charge in [0.05, 0.1) is 0 Å². The van der Waals surface area contributed by atoms with Crippen LogP contribution in [0.1, 0.15) is 16.0 Å². The summed E-state index contributed by atoms with van der Waals surface area (Å²) in [4.78, 5) is 6.86. The van der Waals surface area contributed by atoms with E-state index in [0.717, 1.165) is 22.6 Å². The Hall–Kier alpha value is -3.33. The van der Waals surface area contributed by atoms with Crippen LogP contribution in [-0.4, -0.2) is 25.5 Å². The first kappa shape index (κ1) is 19.4. The van der Waals surface area contributed by atoms with E-state index in [0.29, 0.717) is 0 Å². The maximum absolute atomic E-state index is 6.78. The van der Waals surface area contributed by atoms with E-state index in [1.54, 1.807) is 0 Å². The van der Waals surface area contributed by atoms with Crippen LogP contribution in [-0.2, 0) is 4.84 Å². The average Bonchev–Trinajstić information content (AvgIpc) is 3.44. The molecule has 0 radical (unpaired) electrons. The number of para-hydroxylation sites is 2. The Morgan fingerprint density at radius 1 is 0.625 bits per heavy atom. The van der Waals surface area contributed by atoms with Crippen LogP contribution in [0.15, 0.2) is 126 Å². The molecular weight excluding hydrogens is 457 g/mol. The monoisotopic (exact) mass is 479 g/mol. The van der Waals surface area contributed by atoms with Crippen LogP contribution < -0.4 is 8.99 Å². The number of anilines is 2. The van der Waals surface area contributed by atoms with Crippen molar-refractivity contribution in [1.82, 2.24) is 0 Å². The molecular formula is C27H22AsN3O. The van der Waals surface area contributed by atoms with Gasteiger partial charge in [0.15, 0.2) is 0 Å². The van der Waals surface area contributed by atoms with Crippen LogP contribution in [0.3, 0.4) is 0 Å². The molecule has 2 aliphatic rings. The van der Waals surface area contributed by atoms with Crippen molar-refractivity contribution in [2.45, 2.75) is 9.72 Å². The zero-order valence-corrected chi connectivity index (χ0v) is 19.3. The Labute approximate surface area is 192 Å². The first-order valence-corrected chi connectivity index (χ1v) is 13.7. The zero-order valence-electron chi connectivity index (χ0n) is 17.4. The van der Waals surface area contributed by atoms with E-state index in [1.165, 1.54) is 5.56 Å². The second-order valence-electron chi connectivity index (χ2n) is 7.76. The van der Waals surface area contributed by atoms with E-state index in [-0.39, 0.29) is 9.72 Å². The number of nitrogens with zero attached hydrogens (tertiary/aromatic N) is 3. The minimum absolute atomic E-state index is 0.0458. The summed E-state index contributed by atoms with van der Waals surface area (Å²) in [6, 6.07) is 42.1. The van der Waals surface area contributed by atoms with E-state index in [4.69, 9.17) is 9.94 Å². The van der Waals surface area contributed by atoms with E-state index in [2.05, 4.69) is 118 Å². The number of hydrogen-bond donors (Lipinski definition) is 0. The molecule has 2 aliphatic heterocycles. The van der Waals surface area contributed by atoms with E-state index < -0.39 is 14.9 Å². The molecule has 1 fully saturated rings. The molecule has 0 N–H and O–H groups in total. The number of benzene rings is 4. The van der Waals surface area contributed by atoms with Crippen molar-refractivity contribution in [2.75, 3.05) is 8.99 Å². The van der Waals surface area contributed by atoms with Gasteiger partial charge < -0.3 is 0 Å². The molecule has 0 bridgehead atoms. The fraction of sp³-hybridized carbons (Fsp3) is 0.0741. The van der Waals surface area contributed by atoms with Crippen LogP contribution >= 0.6 is 0 Å². The third kappa shape index (κ3) is 3.33. The van der Waals surface area contributed by atoms with Gasteiger partial charge in [-0.2, -0.15) is 0 Å². The van der Waals surface area contributed by atoms with Gasteiger partial charge in [-0.3, -0.25) is 0 Å². The Morgan fingerprint density at radius 2 is 1.16 bits per heavy atom. The van der Waals surface area contributed by atoms with Crippen molar-refractivity contribution < 1.29 is 4.84 Å². The van der Waals surface area contributed by atoms with Crippen molar-refractivity contribution in [3.05, 3.63) is 132 Å². The van der Waals surface area contributed by atoms with Crippen LogP contribution in [0.25, 0.3) is 0 Å². The van der Waals surface area contributed by atoms with Crippen LogP contribution in [0.4, 0.5) is 11.4 Å². The van der Waals surface area contributed by atoms with E-state index >= 15 is 0 Å². The summed E-state index contributed by atoms with van der Waals surface area (Å²) >= 11 is -1.94. The molecule has 0 amide bonds. The first-order chi connectivity index (χ1) is 15.9. The molecule has 3 unspecified atom stereocenters. The predicted molar refractivity (Wildman–Crippen MR) is 131 cm³/mol. The topological polar surface area (TPSA) is 28.1 Å². The fourth-order valence-electron chi connectivity index (χ4n) is 4.28. The average molecular weight is 479 g/mol. The third-order valence-electron chi connectivity index (χ3n) is 5.75. The quantitative estimate of drug-likeness (QED) is 0.360. The molecule has 4 aromatic rings. The molecule has 3 atom stereocenters. The summed E-state index contributed by atoms with van der Waals surface area (Å²) in [6.45, 7) is 0. The molecule has 0 spiro atoms. The predicted octanol–water partition coefficient (Wildman–Crippen LogP) is 5.54. The second-order valence-corrected chi connectivity index (χ2v) is 12.2. The molecule has 0 aliphatic carbocycles. The molecule has 6 rings (SSSR count). The first-order valence-electron chi connectivity index (χ1n) is 10.7. The number of hydrazone groups is 1. The van der Waals surface area contributed by atoms with Gasteiger partial charge in [-0.1, -0.05) is 0 Å². The molecule has 0 aromatic heterocycles. The Bertz CT molecular complexity index is 1220. The van der Waals surface area contributed by atoms with Gasteiger partial charge in [0.1, 0.15) is 0 Å². The van der Waals surface area contributed by atoms with Crippen molar-refractivity contribution in [3.8, 4) is 0 Å². The third-order valence-corrected chi connectivity index (χ3v) is 11.2. The second kappa shape index (κ2) is 8.31. The summed E-state index contributed by atoms with van der Waals surface area (Å²) in [6.07, 6.45) is 0. The number of hydroxylamine groups is 1. The molecule has 2 heterocycles. The van der Waals surface area contributed by atoms with E-state index in [9.17, 15) is 0 Å². The normalized spacial score (nSPS) is 22.0. The minimum atomic E-state index is -1.94. The van der Waals surface area contributed by atoms with Gasteiger partial charge >= 0.3 is 193 Å². The summed E-state index contributed by atoms with van der Waals surface area (Å²) < 4.78 is 2.29. The number of rotatable bonds is 4. The Balaban J connectivity index is 1.52. The van der Waals surface area contributed by atoms with Gasteiger partial charge in [0.2, 0.25) is 0 Å². The van der Waals surface area contributed by atoms with Gasteiger partial charge in [-0.05, 0) is 0 Å². The SMILES string of the molecule is c1ccc(C2=NN(c3ccccc3)[As]3C2ON(c2ccccc2)C3c2ccccc2)cc1. The van der Waals surface area contributed by atoms with Gasteiger partial charge in [-0.15, -0.1) is 0 Å². The van der Waals surface area contributed by atoms with Crippen LogP contribution in [0.5, 0.6) is 0 Å². The zero-order chi connectivity index (χ0) is 21.3. The molecule has 4 aromatic carbocycles. The molecule has 0 saturated carbocycles. The summed E-state index contributed by atoms with van der Waals surface area (Å²) in [7, 11) is 0. The van der Waals surface area contributed by atoms with E-state index in [1.807, 2.05) is 12.1 Å². The van der Waals surface area contributed by atoms with Gasteiger partial charge in [0.25, 0.3) is 0 Å². The number of hydrogen-bond acceptors (Lipinski definition) is 4. The molecule has 1 saturated heterocycles. The summed E-state index contributed by atoms with van der Waals surface area (Å²) in [5.41, 5.74) is 5.61. The van der Waals surface area contributed by atoms with Crippen LogP contribution in [0, 0.1) is 0 Å². The standard InChI is InChI=1S/C27H22AsN3O/c1-5-13-21(14-6-1)25-27-28(31(29-25)24-19-11-4-12-20-24)26(22-15-7-2-8-16-22)30(32-27)23-17-9-3-10-18-23/h1-20,26-27H. The fourth-order valence-corrected chi connectivity index (χ4v) is 10.1. The molecule has 156 valence electrons. The number of fused-ring (bicyclic) bond motifs is 1. The molecule has 4 nitrogen and oxygen atoms in total. The molecule has 32 heavy (non-hydrogen) atoms.